The highest BCUT2D eigenvalue weighted by atomic mass is 19.1. The van der Waals surface area contributed by atoms with Crippen molar-refractivity contribution in [2.75, 3.05) is 18.5 Å². The van der Waals surface area contributed by atoms with E-state index in [0.717, 1.165) is 5.69 Å². The van der Waals surface area contributed by atoms with Crippen LogP contribution in [0.4, 0.5) is 15.9 Å². The van der Waals surface area contributed by atoms with E-state index in [4.69, 9.17) is 9.84 Å². The van der Waals surface area contributed by atoms with Crippen molar-refractivity contribution in [2.24, 2.45) is 0 Å². The minimum Gasteiger partial charge on any atom is -0.491 e. The van der Waals surface area contributed by atoms with Gasteiger partial charge in [0.05, 0.1) is 6.61 Å². The summed E-state index contributed by atoms with van der Waals surface area (Å²) in [6.07, 6.45) is 1.33. The van der Waals surface area contributed by atoms with Crippen molar-refractivity contribution in [3.63, 3.8) is 0 Å². The number of nitrogens with zero attached hydrogens (tertiary/aromatic N) is 2. The van der Waals surface area contributed by atoms with Gasteiger partial charge in [0, 0.05) is 11.1 Å². The maximum atomic E-state index is 13.7. The topological polar surface area (TPSA) is 67.3 Å². The lowest BCUT2D eigenvalue weighted by Crippen LogP contribution is -2.01. The Hall–Kier alpha value is -2.73. The van der Waals surface area contributed by atoms with Crippen LogP contribution in [-0.4, -0.2) is 28.3 Å². The van der Waals surface area contributed by atoms with Crippen LogP contribution in [0.1, 0.15) is 0 Å². The van der Waals surface area contributed by atoms with Crippen LogP contribution in [0.2, 0.25) is 0 Å². The van der Waals surface area contributed by atoms with Crippen LogP contribution < -0.4 is 10.1 Å². The third kappa shape index (κ3) is 2.96. The average Bonchev–Trinajstić information content (AvgIpc) is 2.55. The van der Waals surface area contributed by atoms with E-state index in [0.29, 0.717) is 17.0 Å². The lowest BCUT2D eigenvalue weighted by atomic mass is 10.2. The van der Waals surface area contributed by atoms with E-state index in [1.54, 1.807) is 24.3 Å². The first-order chi connectivity index (χ1) is 10.8. The van der Waals surface area contributed by atoms with Gasteiger partial charge in [0.15, 0.2) is 0 Å². The first-order valence-corrected chi connectivity index (χ1v) is 6.78. The number of halogens is 1. The van der Waals surface area contributed by atoms with Crippen molar-refractivity contribution in [1.29, 1.82) is 0 Å². The smallest absolute Gasteiger partial charge is 0.149 e. The Kier molecular flexibility index (Phi) is 4.11. The van der Waals surface area contributed by atoms with Crippen molar-refractivity contribution < 1.29 is 14.2 Å². The SMILES string of the molecule is OCCOc1ccc(Nc2ncnc3c(F)cccc23)cc1. The van der Waals surface area contributed by atoms with Crippen LogP contribution in [0, 0.1) is 5.82 Å². The minimum absolute atomic E-state index is 0.0293. The van der Waals surface area contributed by atoms with Gasteiger partial charge in [-0.1, -0.05) is 6.07 Å². The van der Waals surface area contributed by atoms with E-state index in [-0.39, 0.29) is 24.5 Å². The number of anilines is 2. The van der Waals surface area contributed by atoms with Crippen molar-refractivity contribution in [1.82, 2.24) is 9.97 Å². The Balaban J connectivity index is 1.85. The molecule has 0 amide bonds. The van der Waals surface area contributed by atoms with Crippen LogP contribution in [-0.2, 0) is 0 Å². The van der Waals surface area contributed by atoms with Gasteiger partial charge in [0.2, 0.25) is 0 Å². The quantitative estimate of drug-likeness (QED) is 0.758. The summed E-state index contributed by atoms with van der Waals surface area (Å²) in [4.78, 5) is 8.12. The molecule has 0 bridgehead atoms. The second-order valence-corrected chi connectivity index (χ2v) is 4.58. The van der Waals surface area contributed by atoms with Crippen molar-refractivity contribution in [3.05, 3.63) is 54.6 Å². The summed E-state index contributed by atoms with van der Waals surface area (Å²) >= 11 is 0. The van der Waals surface area contributed by atoms with Gasteiger partial charge < -0.3 is 15.2 Å². The predicted molar refractivity (Wildman–Crippen MR) is 81.8 cm³/mol. The molecule has 0 aliphatic heterocycles. The molecule has 0 aliphatic carbocycles. The maximum absolute atomic E-state index is 13.7. The maximum Gasteiger partial charge on any atom is 0.149 e. The Morgan fingerprint density at radius 2 is 1.91 bits per heavy atom. The summed E-state index contributed by atoms with van der Waals surface area (Å²) in [5.41, 5.74) is 1.07. The third-order valence-electron chi connectivity index (χ3n) is 3.09. The number of fused-ring (bicyclic) bond motifs is 1. The van der Waals surface area contributed by atoms with Crippen molar-refractivity contribution >= 4 is 22.4 Å². The van der Waals surface area contributed by atoms with Gasteiger partial charge in [-0.05, 0) is 36.4 Å². The average molecular weight is 299 g/mol. The molecule has 5 nitrogen and oxygen atoms in total. The van der Waals surface area contributed by atoms with E-state index in [9.17, 15) is 4.39 Å². The van der Waals surface area contributed by atoms with Gasteiger partial charge in [-0.2, -0.15) is 0 Å². The summed E-state index contributed by atoms with van der Waals surface area (Å²) in [5.74, 6) is 0.822. The molecule has 22 heavy (non-hydrogen) atoms. The molecule has 0 unspecified atom stereocenters. The van der Waals surface area contributed by atoms with E-state index >= 15 is 0 Å². The van der Waals surface area contributed by atoms with Crippen LogP contribution in [0.3, 0.4) is 0 Å². The highest BCUT2D eigenvalue weighted by Gasteiger charge is 2.07. The molecule has 0 spiro atoms. The number of rotatable bonds is 5. The molecule has 0 fully saturated rings. The number of aliphatic hydroxyl groups excluding tert-OH is 1. The first-order valence-electron chi connectivity index (χ1n) is 6.78. The van der Waals surface area contributed by atoms with Gasteiger partial charge in [0.1, 0.15) is 35.8 Å². The number of nitrogens with one attached hydrogen (secondary N) is 1. The molecule has 0 radical (unpaired) electrons. The minimum atomic E-state index is -0.379. The van der Waals surface area contributed by atoms with Gasteiger partial charge >= 0.3 is 0 Å². The standard InChI is InChI=1S/C16H14FN3O2/c17-14-3-1-2-13-15(14)18-10-19-16(13)20-11-4-6-12(7-5-11)22-9-8-21/h1-7,10,21H,8-9H2,(H,18,19,20). The Morgan fingerprint density at radius 1 is 1.09 bits per heavy atom. The number of aliphatic hydroxyl groups is 1. The molecule has 2 aromatic carbocycles. The first kappa shape index (κ1) is 14.2. The highest BCUT2D eigenvalue weighted by molar-refractivity contribution is 5.90. The Morgan fingerprint density at radius 3 is 2.68 bits per heavy atom. The summed E-state index contributed by atoms with van der Waals surface area (Å²) in [6.45, 7) is 0.223. The molecular formula is C16H14FN3O2. The number of benzene rings is 2. The van der Waals surface area contributed by atoms with Gasteiger partial charge in [-0.15, -0.1) is 0 Å². The largest absolute Gasteiger partial charge is 0.491 e. The lowest BCUT2D eigenvalue weighted by molar-refractivity contribution is 0.201. The summed E-state index contributed by atoms with van der Waals surface area (Å²) in [7, 11) is 0. The molecular weight excluding hydrogens is 285 g/mol. The van der Waals surface area contributed by atoms with Gasteiger partial charge in [0.25, 0.3) is 0 Å². The molecule has 0 saturated heterocycles. The van der Waals surface area contributed by atoms with E-state index < -0.39 is 0 Å². The summed E-state index contributed by atoms with van der Waals surface area (Å²) < 4.78 is 19.0. The Bertz CT molecular complexity index is 778. The van der Waals surface area contributed by atoms with E-state index in [1.807, 2.05) is 12.1 Å². The fraction of sp³-hybridized carbons (Fsp3) is 0.125. The summed E-state index contributed by atoms with van der Waals surface area (Å²) in [5, 5.41) is 12.5. The van der Waals surface area contributed by atoms with Gasteiger partial charge in [-0.3, -0.25) is 0 Å². The van der Waals surface area contributed by atoms with Crippen LogP contribution >= 0.6 is 0 Å². The van der Waals surface area contributed by atoms with Crippen LogP contribution in [0.15, 0.2) is 48.8 Å². The third-order valence-corrected chi connectivity index (χ3v) is 3.09. The fourth-order valence-corrected chi connectivity index (χ4v) is 2.09. The van der Waals surface area contributed by atoms with Crippen LogP contribution in [0.25, 0.3) is 10.9 Å². The highest BCUT2D eigenvalue weighted by Crippen LogP contribution is 2.25. The van der Waals surface area contributed by atoms with Gasteiger partial charge in [-0.25, -0.2) is 14.4 Å². The number of para-hydroxylation sites is 1. The molecule has 1 aromatic heterocycles. The zero-order chi connectivity index (χ0) is 15.4. The molecule has 1 heterocycles. The molecule has 0 aliphatic rings. The molecule has 112 valence electrons. The number of hydrogen-bond donors (Lipinski definition) is 2. The van der Waals surface area contributed by atoms with E-state index in [2.05, 4.69) is 15.3 Å². The molecule has 6 heteroatoms. The predicted octanol–water partition coefficient (Wildman–Crippen LogP) is 2.88. The van der Waals surface area contributed by atoms with Crippen molar-refractivity contribution in [2.45, 2.75) is 0 Å². The molecule has 3 rings (SSSR count). The van der Waals surface area contributed by atoms with E-state index in [1.165, 1.54) is 12.4 Å². The number of aromatic nitrogens is 2. The van der Waals surface area contributed by atoms with Crippen LogP contribution in [0.5, 0.6) is 5.75 Å². The molecule has 0 saturated carbocycles. The zero-order valence-corrected chi connectivity index (χ0v) is 11.7. The Labute approximate surface area is 126 Å². The zero-order valence-electron chi connectivity index (χ0n) is 11.7. The summed E-state index contributed by atoms with van der Waals surface area (Å²) in [6, 6.07) is 12.0. The molecule has 3 aromatic rings. The number of ether oxygens (including phenoxy) is 1. The second kappa shape index (κ2) is 6.36. The molecule has 0 atom stereocenters. The normalized spacial score (nSPS) is 10.6. The lowest BCUT2D eigenvalue weighted by Gasteiger charge is -2.09. The number of hydrogen-bond acceptors (Lipinski definition) is 5. The monoisotopic (exact) mass is 299 g/mol. The van der Waals surface area contributed by atoms with Crippen molar-refractivity contribution in [3.8, 4) is 5.75 Å². The second-order valence-electron chi connectivity index (χ2n) is 4.58. The molecule has 2 N–H and O–H groups in total. The fourth-order valence-electron chi connectivity index (χ4n) is 2.09.